The first-order chi connectivity index (χ1) is 10.6. The largest absolute Gasteiger partial charge is 0.444 e. The van der Waals surface area contributed by atoms with Gasteiger partial charge >= 0.3 is 6.09 Å². The van der Waals surface area contributed by atoms with E-state index in [1.54, 1.807) is 53.1 Å². The van der Waals surface area contributed by atoms with Crippen molar-refractivity contribution in [3.8, 4) is 0 Å². The van der Waals surface area contributed by atoms with Crippen molar-refractivity contribution in [3.63, 3.8) is 0 Å². The number of carbonyl (C=O) groups excluding carboxylic acids is 2. The number of alkyl carbamates (subject to hydrolysis) is 1. The van der Waals surface area contributed by atoms with Gasteiger partial charge in [-0.05, 0) is 39.0 Å². The van der Waals surface area contributed by atoms with E-state index >= 15 is 0 Å². The number of nitrogens with one attached hydrogen (secondary N) is 2. The summed E-state index contributed by atoms with van der Waals surface area (Å²) in [6.07, 6.45) is -0.470. The number of rotatable bonds is 5. The minimum absolute atomic E-state index is 0.100. The second-order valence-corrected chi connectivity index (χ2v) is 6.66. The fraction of sp³-hybridized carbons (Fsp3) is 0.500. The number of anilines is 1. The summed E-state index contributed by atoms with van der Waals surface area (Å²) in [7, 11) is 3.38. The highest BCUT2D eigenvalue weighted by atomic mass is 35.5. The monoisotopic (exact) mass is 341 g/mol. The Bertz CT molecular complexity index is 568. The highest BCUT2D eigenvalue weighted by molar-refractivity contribution is 6.33. The van der Waals surface area contributed by atoms with Gasteiger partial charge in [-0.2, -0.15) is 0 Å². The molecule has 1 rings (SSSR count). The molecule has 23 heavy (non-hydrogen) atoms. The number of hydrogen-bond acceptors (Lipinski definition) is 4. The SMILES string of the molecule is CN(C)C(=O)c1ccc(Cl)c(NCCNC(=O)OC(C)(C)C)c1. The van der Waals surface area contributed by atoms with E-state index in [0.717, 1.165) is 0 Å². The van der Waals surface area contributed by atoms with Crippen LogP contribution in [-0.2, 0) is 4.74 Å². The van der Waals surface area contributed by atoms with Crippen molar-refractivity contribution in [1.82, 2.24) is 10.2 Å². The Hall–Kier alpha value is -1.95. The lowest BCUT2D eigenvalue weighted by Crippen LogP contribution is -2.35. The molecular weight excluding hydrogens is 318 g/mol. The average Bonchev–Trinajstić information content (AvgIpc) is 2.42. The van der Waals surface area contributed by atoms with Gasteiger partial charge in [0, 0.05) is 32.7 Å². The molecule has 0 atom stereocenters. The van der Waals surface area contributed by atoms with Crippen molar-refractivity contribution in [2.24, 2.45) is 0 Å². The molecule has 0 unspecified atom stereocenters. The average molecular weight is 342 g/mol. The van der Waals surface area contributed by atoms with Gasteiger partial charge in [0.05, 0.1) is 10.7 Å². The molecule has 0 bridgehead atoms. The lowest BCUT2D eigenvalue weighted by molar-refractivity contribution is 0.0530. The zero-order chi connectivity index (χ0) is 17.6. The molecule has 1 aromatic carbocycles. The van der Waals surface area contributed by atoms with Crippen molar-refractivity contribution < 1.29 is 14.3 Å². The second kappa shape index (κ2) is 8.06. The molecule has 0 saturated heterocycles. The summed E-state index contributed by atoms with van der Waals surface area (Å²) in [5.41, 5.74) is 0.661. The van der Waals surface area contributed by atoms with Crippen LogP contribution in [0.4, 0.5) is 10.5 Å². The van der Waals surface area contributed by atoms with Crippen LogP contribution in [0.1, 0.15) is 31.1 Å². The van der Waals surface area contributed by atoms with Crippen molar-refractivity contribution >= 4 is 29.3 Å². The van der Waals surface area contributed by atoms with Crippen molar-refractivity contribution in [3.05, 3.63) is 28.8 Å². The molecule has 0 aliphatic carbocycles. The molecule has 0 aliphatic rings. The molecule has 2 amide bonds. The Morgan fingerprint density at radius 1 is 1.22 bits per heavy atom. The number of halogens is 1. The zero-order valence-corrected chi connectivity index (χ0v) is 15.0. The van der Waals surface area contributed by atoms with Gasteiger partial charge in [-0.15, -0.1) is 0 Å². The maximum absolute atomic E-state index is 11.9. The van der Waals surface area contributed by atoms with E-state index in [1.165, 1.54) is 4.90 Å². The van der Waals surface area contributed by atoms with E-state index in [2.05, 4.69) is 10.6 Å². The van der Waals surface area contributed by atoms with Crippen molar-refractivity contribution in [2.75, 3.05) is 32.5 Å². The summed E-state index contributed by atoms with van der Waals surface area (Å²) < 4.78 is 5.14. The smallest absolute Gasteiger partial charge is 0.407 e. The predicted octanol–water partition coefficient (Wildman–Crippen LogP) is 2.98. The molecule has 0 spiro atoms. The number of carbonyl (C=O) groups is 2. The van der Waals surface area contributed by atoms with Crippen molar-refractivity contribution in [1.29, 1.82) is 0 Å². The molecule has 2 N–H and O–H groups in total. The zero-order valence-electron chi connectivity index (χ0n) is 14.2. The first-order valence-corrected chi connectivity index (χ1v) is 7.70. The van der Waals surface area contributed by atoms with Crippen LogP contribution >= 0.6 is 11.6 Å². The topological polar surface area (TPSA) is 70.7 Å². The number of amides is 2. The third-order valence-corrected chi connectivity index (χ3v) is 3.06. The number of nitrogens with zero attached hydrogens (tertiary/aromatic N) is 1. The first kappa shape index (κ1) is 19.1. The lowest BCUT2D eigenvalue weighted by atomic mass is 10.2. The van der Waals surface area contributed by atoms with Crippen molar-refractivity contribution in [2.45, 2.75) is 26.4 Å². The quantitative estimate of drug-likeness (QED) is 0.808. The van der Waals surface area contributed by atoms with Gasteiger partial charge in [-0.1, -0.05) is 11.6 Å². The normalized spacial score (nSPS) is 10.9. The first-order valence-electron chi connectivity index (χ1n) is 7.32. The summed E-state index contributed by atoms with van der Waals surface area (Å²) in [6, 6.07) is 5.04. The summed E-state index contributed by atoms with van der Waals surface area (Å²) in [5, 5.41) is 6.25. The van der Waals surface area contributed by atoms with E-state index in [0.29, 0.717) is 29.4 Å². The molecule has 0 aromatic heterocycles. The maximum atomic E-state index is 11.9. The third-order valence-electron chi connectivity index (χ3n) is 2.73. The number of benzene rings is 1. The molecule has 128 valence electrons. The van der Waals surface area contributed by atoms with Gasteiger partial charge in [-0.3, -0.25) is 4.79 Å². The van der Waals surface area contributed by atoms with E-state index in [4.69, 9.17) is 16.3 Å². The molecule has 6 nitrogen and oxygen atoms in total. The van der Waals surface area contributed by atoms with Crippen LogP contribution < -0.4 is 10.6 Å². The fourth-order valence-corrected chi connectivity index (χ4v) is 1.91. The van der Waals surface area contributed by atoms with Gasteiger partial charge in [0.25, 0.3) is 5.91 Å². The van der Waals surface area contributed by atoms with Crippen LogP contribution in [0.15, 0.2) is 18.2 Å². The Labute approximate surface area is 142 Å². The Kier molecular flexibility index (Phi) is 6.69. The van der Waals surface area contributed by atoms with Gasteiger partial charge in [-0.25, -0.2) is 4.79 Å². The minimum atomic E-state index is -0.526. The summed E-state index contributed by atoms with van der Waals surface area (Å²) in [4.78, 5) is 25.0. The fourth-order valence-electron chi connectivity index (χ4n) is 1.73. The van der Waals surface area contributed by atoms with Gasteiger partial charge in [0.15, 0.2) is 0 Å². The van der Waals surface area contributed by atoms with Crippen LogP contribution in [0, 0.1) is 0 Å². The van der Waals surface area contributed by atoms with E-state index in [-0.39, 0.29) is 5.91 Å². The standard InChI is InChI=1S/C16H24ClN3O3/c1-16(2,3)23-15(22)19-9-8-18-13-10-11(6-7-12(13)17)14(21)20(4)5/h6-7,10,18H,8-9H2,1-5H3,(H,19,22). The molecule has 0 fully saturated rings. The van der Waals surface area contributed by atoms with E-state index < -0.39 is 11.7 Å². The Morgan fingerprint density at radius 3 is 2.43 bits per heavy atom. The third kappa shape index (κ3) is 6.78. The molecular formula is C16H24ClN3O3. The molecule has 1 aromatic rings. The van der Waals surface area contributed by atoms with E-state index in [1.807, 2.05) is 0 Å². The summed E-state index contributed by atoms with van der Waals surface area (Å²) in [5.74, 6) is -0.100. The number of hydrogen-bond donors (Lipinski definition) is 2. The number of ether oxygens (including phenoxy) is 1. The van der Waals surface area contributed by atoms with E-state index in [9.17, 15) is 9.59 Å². The Morgan fingerprint density at radius 2 is 1.87 bits per heavy atom. The molecule has 0 radical (unpaired) electrons. The van der Waals surface area contributed by atoms with Crippen LogP contribution in [0.3, 0.4) is 0 Å². The molecule has 7 heteroatoms. The van der Waals surface area contributed by atoms with Gasteiger partial charge < -0.3 is 20.3 Å². The highest BCUT2D eigenvalue weighted by Crippen LogP contribution is 2.23. The molecule has 0 heterocycles. The van der Waals surface area contributed by atoms with Crippen LogP contribution in [-0.4, -0.2) is 49.7 Å². The van der Waals surface area contributed by atoms with Crippen LogP contribution in [0.2, 0.25) is 5.02 Å². The van der Waals surface area contributed by atoms with Gasteiger partial charge in [0.2, 0.25) is 0 Å². The predicted molar refractivity (Wildman–Crippen MR) is 92.2 cm³/mol. The van der Waals surface area contributed by atoms with Crippen LogP contribution in [0.25, 0.3) is 0 Å². The minimum Gasteiger partial charge on any atom is -0.444 e. The molecule has 0 aliphatic heterocycles. The van der Waals surface area contributed by atoms with Gasteiger partial charge in [0.1, 0.15) is 5.60 Å². The molecule has 0 saturated carbocycles. The Balaban J connectivity index is 2.53. The highest BCUT2D eigenvalue weighted by Gasteiger charge is 2.15. The summed E-state index contributed by atoms with van der Waals surface area (Å²) >= 11 is 6.11. The van der Waals surface area contributed by atoms with Crippen LogP contribution in [0.5, 0.6) is 0 Å². The maximum Gasteiger partial charge on any atom is 0.407 e. The lowest BCUT2D eigenvalue weighted by Gasteiger charge is -2.19. The second-order valence-electron chi connectivity index (χ2n) is 6.25. The summed E-state index contributed by atoms with van der Waals surface area (Å²) in [6.45, 7) is 6.24.